The fourth-order valence-corrected chi connectivity index (χ4v) is 3.78. The number of nitrogens with one attached hydrogen (secondary N) is 1. The van der Waals surface area contributed by atoms with Crippen LogP contribution in [-0.2, 0) is 17.9 Å². The number of carbonyl (C=O) groups excluding carboxylic acids is 1. The standard InChI is InChI=1S/C26H24FNO2/c1-18-13-21(24-11-4-3-10-23(18)24)15-26(29)28-16-19-7-6-9-22(14-19)30-17-20-8-2-5-12-25(20)27/h2-14,18H,15-17H2,1H3,(H,28,29). The van der Waals surface area contributed by atoms with E-state index >= 15 is 0 Å². The molecule has 1 atom stereocenters. The van der Waals surface area contributed by atoms with Crippen LogP contribution >= 0.6 is 0 Å². The third-order valence-electron chi connectivity index (χ3n) is 5.34. The minimum atomic E-state index is -0.280. The molecule has 1 N–H and O–H groups in total. The summed E-state index contributed by atoms with van der Waals surface area (Å²) in [5.41, 5.74) is 4.97. The van der Waals surface area contributed by atoms with Crippen molar-refractivity contribution in [3.8, 4) is 5.75 Å². The predicted octanol–water partition coefficient (Wildman–Crippen LogP) is 5.61. The Labute approximate surface area is 176 Å². The average Bonchev–Trinajstić information content (AvgIpc) is 3.07. The molecule has 0 fully saturated rings. The van der Waals surface area contributed by atoms with Crippen LogP contribution < -0.4 is 10.1 Å². The molecular weight excluding hydrogens is 377 g/mol. The van der Waals surface area contributed by atoms with E-state index in [0.717, 1.165) is 11.1 Å². The van der Waals surface area contributed by atoms with Gasteiger partial charge in [-0.15, -0.1) is 0 Å². The minimum Gasteiger partial charge on any atom is -0.489 e. The molecule has 1 aliphatic carbocycles. The summed E-state index contributed by atoms with van der Waals surface area (Å²) in [6.07, 6.45) is 2.53. The number of allylic oxidation sites excluding steroid dienone is 1. The van der Waals surface area contributed by atoms with Gasteiger partial charge in [-0.25, -0.2) is 4.39 Å². The molecule has 152 valence electrons. The maximum Gasteiger partial charge on any atom is 0.224 e. The molecule has 0 heterocycles. The SMILES string of the molecule is CC1C=C(CC(=O)NCc2cccc(OCc3ccccc3F)c2)c2ccccc21. The molecule has 0 saturated heterocycles. The monoisotopic (exact) mass is 401 g/mol. The number of fused-ring (bicyclic) bond motifs is 1. The average molecular weight is 401 g/mol. The number of halogens is 1. The Kier molecular flexibility index (Phi) is 5.94. The van der Waals surface area contributed by atoms with E-state index in [9.17, 15) is 9.18 Å². The van der Waals surface area contributed by atoms with Crippen LogP contribution in [0.5, 0.6) is 5.75 Å². The van der Waals surface area contributed by atoms with Gasteiger partial charge in [-0.1, -0.05) is 67.6 Å². The third kappa shape index (κ3) is 4.60. The van der Waals surface area contributed by atoms with Crippen LogP contribution in [0.15, 0.2) is 78.9 Å². The van der Waals surface area contributed by atoms with Crippen LogP contribution in [0.4, 0.5) is 4.39 Å². The summed E-state index contributed by atoms with van der Waals surface area (Å²) >= 11 is 0. The van der Waals surface area contributed by atoms with Gasteiger partial charge in [0.05, 0.1) is 6.42 Å². The fourth-order valence-electron chi connectivity index (χ4n) is 3.78. The molecule has 30 heavy (non-hydrogen) atoms. The molecule has 1 amide bonds. The number of hydrogen-bond acceptors (Lipinski definition) is 2. The van der Waals surface area contributed by atoms with E-state index in [1.54, 1.807) is 18.2 Å². The molecule has 3 aromatic rings. The number of benzene rings is 3. The summed E-state index contributed by atoms with van der Waals surface area (Å²) in [5, 5.41) is 2.99. The van der Waals surface area contributed by atoms with Crippen molar-refractivity contribution >= 4 is 11.5 Å². The number of rotatable bonds is 7. The van der Waals surface area contributed by atoms with E-state index in [1.165, 1.54) is 17.2 Å². The Hall–Kier alpha value is -3.40. The first-order valence-corrected chi connectivity index (χ1v) is 10.1. The Bertz CT molecular complexity index is 1090. The summed E-state index contributed by atoms with van der Waals surface area (Å²) in [4.78, 5) is 12.5. The van der Waals surface area contributed by atoms with E-state index in [-0.39, 0.29) is 18.3 Å². The van der Waals surface area contributed by atoms with Gasteiger partial charge >= 0.3 is 0 Å². The molecule has 4 rings (SSSR count). The van der Waals surface area contributed by atoms with Crippen molar-refractivity contribution in [3.63, 3.8) is 0 Å². The van der Waals surface area contributed by atoms with Gasteiger partial charge in [0.2, 0.25) is 5.91 Å². The van der Waals surface area contributed by atoms with Gasteiger partial charge in [0.25, 0.3) is 0 Å². The van der Waals surface area contributed by atoms with Crippen LogP contribution in [0.1, 0.15) is 41.5 Å². The largest absolute Gasteiger partial charge is 0.489 e. The molecular formula is C26H24FNO2. The Morgan fingerprint density at radius 3 is 2.70 bits per heavy atom. The highest BCUT2D eigenvalue weighted by Gasteiger charge is 2.21. The van der Waals surface area contributed by atoms with Crippen molar-refractivity contribution in [2.75, 3.05) is 0 Å². The minimum absolute atomic E-state index is 0.0113. The Morgan fingerprint density at radius 2 is 1.83 bits per heavy atom. The second-order valence-electron chi connectivity index (χ2n) is 7.55. The lowest BCUT2D eigenvalue weighted by molar-refractivity contribution is -0.120. The van der Waals surface area contributed by atoms with Crippen LogP contribution in [0.2, 0.25) is 0 Å². The van der Waals surface area contributed by atoms with E-state index in [2.05, 4.69) is 30.4 Å². The zero-order valence-electron chi connectivity index (χ0n) is 16.9. The molecule has 0 saturated carbocycles. The van der Waals surface area contributed by atoms with Crippen molar-refractivity contribution in [1.82, 2.24) is 5.32 Å². The number of carbonyl (C=O) groups is 1. The van der Waals surface area contributed by atoms with Crippen molar-refractivity contribution < 1.29 is 13.9 Å². The molecule has 0 spiro atoms. The maximum absolute atomic E-state index is 13.7. The predicted molar refractivity (Wildman–Crippen MR) is 116 cm³/mol. The lowest BCUT2D eigenvalue weighted by Crippen LogP contribution is -2.22. The van der Waals surface area contributed by atoms with Crippen molar-refractivity contribution in [1.29, 1.82) is 0 Å². The summed E-state index contributed by atoms with van der Waals surface area (Å²) in [6.45, 7) is 2.73. The summed E-state index contributed by atoms with van der Waals surface area (Å²) in [7, 11) is 0. The molecule has 1 aliphatic rings. The molecule has 0 radical (unpaired) electrons. The van der Waals surface area contributed by atoms with Gasteiger partial charge in [0.15, 0.2) is 0 Å². The first-order valence-electron chi connectivity index (χ1n) is 10.1. The first kappa shape index (κ1) is 19.9. The lowest BCUT2D eigenvalue weighted by Gasteiger charge is -2.10. The molecule has 3 aromatic carbocycles. The van der Waals surface area contributed by atoms with Crippen LogP contribution in [-0.4, -0.2) is 5.91 Å². The van der Waals surface area contributed by atoms with Crippen LogP contribution in [0, 0.1) is 5.82 Å². The topological polar surface area (TPSA) is 38.3 Å². The van der Waals surface area contributed by atoms with Gasteiger partial charge in [-0.05, 0) is 40.5 Å². The third-order valence-corrected chi connectivity index (χ3v) is 5.34. The number of ether oxygens (including phenoxy) is 1. The van der Waals surface area contributed by atoms with Crippen molar-refractivity contribution in [2.45, 2.75) is 32.4 Å². The highest BCUT2D eigenvalue weighted by atomic mass is 19.1. The molecule has 0 aromatic heterocycles. The zero-order chi connectivity index (χ0) is 20.9. The van der Waals surface area contributed by atoms with Gasteiger partial charge in [0, 0.05) is 18.0 Å². The summed E-state index contributed by atoms with van der Waals surface area (Å²) < 4.78 is 19.5. The first-order chi connectivity index (χ1) is 14.6. The van der Waals surface area contributed by atoms with Crippen LogP contribution in [0.25, 0.3) is 5.57 Å². The van der Waals surface area contributed by atoms with Crippen LogP contribution in [0.3, 0.4) is 0 Å². The second-order valence-corrected chi connectivity index (χ2v) is 7.55. The highest BCUT2D eigenvalue weighted by Crippen LogP contribution is 2.36. The number of amides is 1. The van der Waals surface area contributed by atoms with Crippen molar-refractivity contribution in [2.24, 2.45) is 0 Å². The van der Waals surface area contributed by atoms with E-state index in [4.69, 9.17) is 4.74 Å². The van der Waals surface area contributed by atoms with E-state index < -0.39 is 0 Å². The summed E-state index contributed by atoms with van der Waals surface area (Å²) in [5.74, 6) is 0.694. The Balaban J connectivity index is 1.32. The van der Waals surface area contributed by atoms with E-state index in [1.807, 2.05) is 36.4 Å². The molecule has 0 bridgehead atoms. The maximum atomic E-state index is 13.7. The van der Waals surface area contributed by atoms with Gasteiger partial charge in [-0.3, -0.25) is 4.79 Å². The lowest BCUT2D eigenvalue weighted by atomic mass is 10.0. The highest BCUT2D eigenvalue weighted by molar-refractivity contribution is 5.91. The van der Waals surface area contributed by atoms with Gasteiger partial charge in [0.1, 0.15) is 18.2 Å². The fraction of sp³-hybridized carbons (Fsp3) is 0.192. The van der Waals surface area contributed by atoms with E-state index in [0.29, 0.717) is 30.2 Å². The quantitative estimate of drug-likeness (QED) is 0.559. The molecule has 3 nitrogen and oxygen atoms in total. The molecule has 1 unspecified atom stereocenters. The smallest absolute Gasteiger partial charge is 0.224 e. The van der Waals surface area contributed by atoms with Gasteiger partial charge < -0.3 is 10.1 Å². The summed E-state index contributed by atoms with van der Waals surface area (Å²) in [6, 6.07) is 22.3. The molecule has 0 aliphatic heterocycles. The molecule has 4 heteroatoms. The number of hydrogen-bond donors (Lipinski definition) is 1. The zero-order valence-corrected chi connectivity index (χ0v) is 16.9. The van der Waals surface area contributed by atoms with Gasteiger partial charge in [-0.2, -0.15) is 0 Å². The normalized spacial score (nSPS) is 14.7. The Morgan fingerprint density at radius 1 is 1.03 bits per heavy atom. The van der Waals surface area contributed by atoms with Crippen molar-refractivity contribution in [3.05, 3.63) is 107 Å². The second kappa shape index (κ2) is 8.95.